The third-order valence-electron chi connectivity index (χ3n) is 4.06. The van der Waals surface area contributed by atoms with Gasteiger partial charge in [0, 0.05) is 17.3 Å². The first-order valence-electron chi connectivity index (χ1n) is 8.57. The number of hydrogen-bond donors (Lipinski definition) is 0. The van der Waals surface area contributed by atoms with Gasteiger partial charge < -0.3 is 4.90 Å². The molecule has 2 aromatic carbocycles. The van der Waals surface area contributed by atoms with Crippen LogP contribution in [0, 0.1) is 0 Å². The Morgan fingerprint density at radius 2 is 1.48 bits per heavy atom. The van der Waals surface area contributed by atoms with Crippen LogP contribution in [-0.2, 0) is 14.8 Å². The number of carbonyl (C=O) groups excluding carboxylic acids is 2. The maximum absolute atomic E-state index is 13.0. The van der Waals surface area contributed by atoms with Gasteiger partial charge in [-0.1, -0.05) is 18.2 Å². The number of anilines is 2. The molecule has 0 heterocycles. The molecule has 0 aliphatic heterocycles. The van der Waals surface area contributed by atoms with Crippen molar-refractivity contribution < 1.29 is 18.0 Å². The van der Waals surface area contributed by atoms with Gasteiger partial charge in [0.25, 0.3) is 0 Å². The van der Waals surface area contributed by atoms with Crippen LogP contribution in [0.25, 0.3) is 0 Å². The van der Waals surface area contributed by atoms with Gasteiger partial charge in [-0.25, -0.2) is 8.42 Å². The lowest BCUT2D eigenvalue weighted by Crippen LogP contribution is -2.45. The standard InChI is InChI=1S/C20H24N2O4S/c1-15(2)22(19-8-6-5-7-9-19)20(24)14-21(27(4,25)26)18-12-10-17(11-13-18)16(3)23/h5-13,15H,14H2,1-4H3. The fourth-order valence-corrected chi connectivity index (χ4v) is 3.63. The van der Waals surface area contributed by atoms with Crippen LogP contribution in [0.5, 0.6) is 0 Å². The second-order valence-corrected chi connectivity index (χ2v) is 8.47. The molecule has 0 N–H and O–H groups in total. The molecule has 0 aliphatic carbocycles. The van der Waals surface area contributed by atoms with Gasteiger partial charge in [0.05, 0.1) is 11.9 Å². The highest BCUT2D eigenvalue weighted by atomic mass is 32.2. The molecule has 0 atom stereocenters. The predicted octanol–water partition coefficient (Wildman–Crippen LogP) is 3.10. The highest BCUT2D eigenvalue weighted by Crippen LogP contribution is 2.21. The maximum Gasteiger partial charge on any atom is 0.247 e. The normalized spacial score (nSPS) is 11.3. The van der Waals surface area contributed by atoms with E-state index in [9.17, 15) is 18.0 Å². The van der Waals surface area contributed by atoms with Crippen LogP contribution in [0.3, 0.4) is 0 Å². The second kappa shape index (κ2) is 8.35. The lowest BCUT2D eigenvalue weighted by Gasteiger charge is -2.30. The molecule has 0 spiro atoms. The highest BCUT2D eigenvalue weighted by Gasteiger charge is 2.26. The summed E-state index contributed by atoms with van der Waals surface area (Å²) in [6, 6.07) is 15.2. The molecule has 2 rings (SSSR count). The minimum absolute atomic E-state index is 0.112. The number of para-hydroxylation sites is 1. The quantitative estimate of drug-likeness (QED) is 0.683. The maximum atomic E-state index is 13.0. The first-order valence-corrected chi connectivity index (χ1v) is 10.4. The summed E-state index contributed by atoms with van der Waals surface area (Å²) in [6.45, 7) is 4.85. The summed E-state index contributed by atoms with van der Waals surface area (Å²) in [6.07, 6.45) is 1.06. The number of nitrogens with zero attached hydrogens (tertiary/aromatic N) is 2. The van der Waals surface area contributed by atoms with Gasteiger partial charge in [0.1, 0.15) is 6.54 Å². The lowest BCUT2D eigenvalue weighted by atomic mass is 10.1. The Bertz CT molecular complexity index is 907. The van der Waals surface area contributed by atoms with Crippen LogP contribution in [0.4, 0.5) is 11.4 Å². The van der Waals surface area contributed by atoms with E-state index in [0.29, 0.717) is 16.9 Å². The van der Waals surface area contributed by atoms with Crippen molar-refractivity contribution in [3.05, 3.63) is 60.2 Å². The number of hydrogen-bond acceptors (Lipinski definition) is 4. The minimum Gasteiger partial charge on any atom is -0.308 e. The number of benzene rings is 2. The predicted molar refractivity (Wildman–Crippen MR) is 108 cm³/mol. The van der Waals surface area contributed by atoms with Crippen molar-refractivity contribution in [1.29, 1.82) is 0 Å². The number of ketones is 1. The highest BCUT2D eigenvalue weighted by molar-refractivity contribution is 7.92. The molecule has 1 amide bonds. The Labute approximate surface area is 160 Å². The Balaban J connectivity index is 2.35. The van der Waals surface area contributed by atoms with Crippen molar-refractivity contribution in [2.45, 2.75) is 26.8 Å². The molecule has 0 radical (unpaired) electrons. The Hall–Kier alpha value is -2.67. The molecule has 0 aliphatic rings. The largest absolute Gasteiger partial charge is 0.308 e. The van der Waals surface area contributed by atoms with Crippen LogP contribution in [0.15, 0.2) is 54.6 Å². The molecular weight excluding hydrogens is 364 g/mol. The van der Waals surface area contributed by atoms with Crippen molar-refractivity contribution in [1.82, 2.24) is 0 Å². The number of amides is 1. The van der Waals surface area contributed by atoms with E-state index in [0.717, 1.165) is 10.6 Å². The minimum atomic E-state index is -3.69. The van der Waals surface area contributed by atoms with Crippen molar-refractivity contribution in [2.24, 2.45) is 0 Å². The fourth-order valence-electron chi connectivity index (χ4n) is 2.78. The van der Waals surface area contributed by atoms with Gasteiger partial charge >= 0.3 is 0 Å². The van der Waals surface area contributed by atoms with E-state index in [-0.39, 0.29) is 24.3 Å². The van der Waals surface area contributed by atoms with Crippen LogP contribution >= 0.6 is 0 Å². The SMILES string of the molecule is CC(=O)c1ccc(N(CC(=O)N(c2ccccc2)C(C)C)S(C)(=O)=O)cc1. The Kier molecular flexibility index (Phi) is 6.38. The molecule has 0 fully saturated rings. The molecule has 0 aromatic heterocycles. The third kappa shape index (κ3) is 5.17. The average molecular weight is 388 g/mol. The zero-order valence-corrected chi connectivity index (χ0v) is 16.7. The van der Waals surface area contributed by atoms with E-state index < -0.39 is 10.0 Å². The Morgan fingerprint density at radius 1 is 0.926 bits per heavy atom. The molecule has 27 heavy (non-hydrogen) atoms. The molecule has 0 bridgehead atoms. The van der Waals surface area contributed by atoms with Crippen molar-refractivity contribution in [2.75, 3.05) is 22.0 Å². The molecular formula is C20H24N2O4S. The van der Waals surface area contributed by atoms with Crippen LogP contribution in [0.2, 0.25) is 0 Å². The molecule has 6 nitrogen and oxygen atoms in total. The summed E-state index contributed by atoms with van der Waals surface area (Å²) >= 11 is 0. The van der Waals surface area contributed by atoms with Crippen LogP contribution < -0.4 is 9.21 Å². The van der Waals surface area contributed by atoms with E-state index in [1.54, 1.807) is 17.0 Å². The number of rotatable bonds is 7. The number of carbonyl (C=O) groups is 2. The first-order chi connectivity index (χ1) is 12.6. The summed E-state index contributed by atoms with van der Waals surface area (Å²) in [5.74, 6) is -0.448. The molecule has 144 valence electrons. The van der Waals surface area contributed by atoms with Gasteiger partial charge in [0.2, 0.25) is 15.9 Å². The fraction of sp³-hybridized carbons (Fsp3) is 0.300. The lowest BCUT2D eigenvalue weighted by molar-refractivity contribution is -0.117. The zero-order chi connectivity index (χ0) is 20.2. The molecule has 0 unspecified atom stereocenters. The second-order valence-electron chi connectivity index (χ2n) is 6.57. The first kappa shape index (κ1) is 20.6. The smallest absolute Gasteiger partial charge is 0.247 e. The van der Waals surface area contributed by atoms with E-state index >= 15 is 0 Å². The number of Topliss-reactive ketones (excluding diaryl/α,β-unsaturated/α-hetero) is 1. The van der Waals surface area contributed by atoms with Crippen molar-refractivity contribution in [3.63, 3.8) is 0 Å². The molecule has 2 aromatic rings. The van der Waals surface area contributed by atoms with Crippen molar-refractivity contribution in [3.8, 4) is 0 Å². The van der Waals surface area contributed by atoms with Crippen LogP contribution in [-0.4, -0.2) is 39.0 Å². The summed E-state index contributed by atoms with van der Waals surface area (Å²) in [5, 5.41) is 0. The van der Waals surface area contributed by atoms with Crippen molar-refractivity contribution >= 4 is 33.1 Å². The van der Waals surface area contributed by atoms with Crippen LogP contribution in [0.1, 0.15) is 31.1 Å². The third-order valence-corrected chi connectivity index (χ3v) is 5.20. The summed E-state index contributed by atoms with van der Waals surface area (Å²) < 4.78 is 25.7. The van der Waals surface area contributed by atoms with Gasteiger partial charge in [-0.3, -0.25) is 13.9 Å². The summed E-state index contributed by atoms with van der Waals surface area (Å²) in [4.78, 5) is 26.0. The zero-order valence-electron chi connectivity index (χ0n) is 15.9. The van der Waals surface area contributed by atoms with Gasteiger partial charge in [0.15, 0.2) is 5.78 Å². The summed E-state index contributed by atoms with van der Waals surface area (Å²) in [5.41, 5.74) is 1.53. The van der Waals surface area contributed by atoms with E-state index in [1.165, 1.54) is 19.1 Å². The van der Waals surface area contributed by atoms with E-state index in [2.05, 4.69) is 0 Å². The molecule has 0 saturated heterocycles. The topological polar surface area (TPSA) is 74.8 Å². The van der Waals surface area contributed by atoms with E-state index in [1.807, 2.05) is 44.2 Å². The van der Waals surface area contributed by atoms with Gasteiger partial charge in [-0.05, 0) is 57.2 Å². The average Bonchev–Trinajstić information content (AvgIpc) is 2.59. The monoisotopic (exact) mass is 388 g/mol. The van der Waals surface area contributed by atoms with E-state index in [4.69, 9.17) is 0 Å². The van der Waals surface area contributed by atoms with Gasteiger partial charge in [-0.2, -0.15) is 0 Å². The Morgan fingerprint density at radius 3 is 1.93 bits per heavy atom. The van der Waals surface area contributed by atoms with Gasteiger partial charge in [-0.15, -0.1) is 0 Å². The molecule has 7 heteroatoms. The number of sulfonamides is 1. The summed E-state index contributed by atoms with van der Waals surface area (Å²) in [7, 11) is -3.69. The molecule has 0 saturated carbocycles.